The molecule has 78 heavy (non-hydrogen) atoms. The quantitative estimate of drug-likeness (QED) is 0.0851. The molecule has 7 rings (SSSR count). The first kappa shape index (κ1) is 61.0. The predicted molar refractivity (Wildman–Crippen MR) is 246 cm³/mol. The highest BCUT2D eigenvalue weighted by Crippen LogP contribution is 2.41. The summed E-state index contributed by atoms with van der Waals surface area (Å²) < 4.78 is 344. The summed E-state index contributed by atoms with van der Waals surface area (Å²) in [6.07, 6.45) is -50.6. The van der Waals surface area contributed by atoms with Crippen LogP contribution in [0.25, 0.3) is 16.8 Å². The van der Waals surface area contributed by atoms with Gasteiger partial charge in [-0.3, -0.25) is 0 Å². The molecular weight excluding hydrogens is 1240 g/mol. The maximum atomic E-state index is 14.2. The number of nitrogens with zero attached hydrogens (tertiary/aromatic N) is 1. The molecule has 0 N–H and O–H groups in total. The zero-order chi connectivity index (χ0) is 58.6. The third kappa shape index (κ3) is 14.0. The Bertz CT molecular complexity index is 2900. The van der Waals surface area contributed by atoms with Crippen LogP contribution in [0, 0.1) is 0 Å². The monoisotopic (exact) mass is 1270 g/mol. The molecule has 1 aromatic heterocycles. The van der Waals surface area contributed by atoms with Crippen LogP contribution in [0.1, 0.15) is 55.8 Å². The molecule has 1 nitrogen and oxygen atoms in total. The molecule has 0 atom stereocenters. The highest BCUT2D eigenvalue weighted by molar-refractivity contribution is 9.28. The normalized spacial score (nSPS) is 13.3. The van der Waals surface area contributed by atoms with Crippen molar-refractivity contribution in [1.82, 2.24) is 0 Å². The Morgan fingerprint density at radius 3 is 0.897 bits per heavy atom. The van der Waals surface area contributed by atoms with Gasteiger partial charge in [-0.1, -0.05) is 97.1 Å². The molecular formula is C50H26BBr2F24N. The fraction of sp³-hybridized carbons (Fsp3) is 0.180. The molecule has 0 bridgehead atoms. The average Bonchev–Trinajstić information content (AvgIpc) is 3.30. The van der Waals surface area contributed by atoms with Crippen LogP contribution >= 0.6 is 31.9 Å². The SMILES string of the molecule is BrC(Br)=Cc1c2ccccc2cc[n+]1Cc1ccccc1.FC(F)(F)c1cc([B-](c2cc(C(F)(F)F)cc(C(F)(F)F)c2)(c2cc(C(F)(F)F)cc(C(F)(F)F)c2)c2cc(C(F)(F)F)cc(C(F)(F)F)c2)cc(C(F)(F)F)c1. The van der Waals surface area contributed by atoms with Gasteiger partial charge in [0, 0.05) is 17.7 Å². The lowest BCUT2D eigenvalue weighted by Gasteiger charge is -2.46. The Labute approximate surface area is 440 Å². The molecule has 28 heteroatoms. The second-order valence-electron chi connectivity index (χ2n) is 17.1. The van der Waals surface area contributed by atoms with Crippen LogP contribution in [-0.2, 0) is 56.0 Å². The van der Waals surface area contributed by atoms with Crippen LogP contribution < -0.4 is 26.4 Å². The molecule has 6 aromatic carbocycles. The van der Waals surface area contributed by atoms with Crippen LogP contribution in [0.2, 0.25) is 0 Å². The number of aromatic nitrogens is 1. The van der Waals surface area contributed by atoms with E-state index >= 15 is 0 Å². The van der Waals surface area contributed by atoms with Crippen molar-refractivity contribution in [3.63, 3.8) is 0 Å². The van der Waals surface area contributed by atoms with Crippen LogP contribution in [-0.4, -0.2) is 6.15 Å². The number of alkyl halides is 24. The van der Waals surface area contributed by atoms with E-state index in [1.807, 2.05) is 6.07 Å². The zero-order valence-corrected chi connectivity index (χ0v) is 41.1. The Morgan fingerprint density at radius 2 is 0.628 bits per heavy atom. The molecule has 0 saturated carbocycles. The second kappa shape index (κ2) is 21.5. The van der Waals surface area contributed by atoms with Gasteiger partial charge in [0.25, 0.3) is 0 Å². The average molecular weight is 1270 g/mol. The van der Waals surface area contributed by atoms with Gasteiger partial charge in [-0.2, -0.15) is 132 Å². The number of rotatable bonds is 7. The minimum atomic E-state index is -6.13. The summed E-state index contributed by atoms with van der Waals surface area (Å²) in [7, 11) is 0. The van der Waals surface area contributed by atoms with Gasteiger partial charge in [0.05, 0.1) is 53.3 Å². The van der Waals surface area contributed by atoms with E-state index in [1.54, 1.807) is 0 Å². The van der Waals surface area contributed by atoms with E-state index in [9.17, 15) is 105 Å². The molecule has 416 valence electrons. The fourth-order valence-electron chi connectivity index (χ4n) is 8.53. The van der Waals surface area contributed by atoms with Crippen molar-refractivity contribution >= 4 is 76.7 Å². The van der Waals surface area contributed by atoms with Crippen molar-refractivity contribution in [2.75, 3.05) is 0 Å². The summed E-state index contributed by atoms with van der Waals surface area (Å²) in [6.45, 7) is 0.852. The molecule has 1 heterocycles. The van der Waals surface area contributed by atoms with Crippen molar-refractivity contribution in [3.05, 3.63) is 199 Å². The van der Waals surface area contributed by atoms with Crippen molar-refractivity contribution in [3.8, 4) is 0 Å². The lowest BCUT2D eigenvalue weighted by atomic mass is 9.12. The number of benzene rings is 6. The van der Waals surface area contributed by atoms with E-state index in [1.165, 1.54) is 22.0 Å². The Balaban J connectivity index is 0.000000387. The third-order valence-corrected chi connectivity index (χ3v) is 12.3. The molecule has 0 unspecified atom stereocenters. The number of pyridine rings is 1. The number of halogens is 26. The van der Waals surface area contributed by atoms with E-state index in [0.29, 0.717) is 0 Å². The highest BCUT2D eigenvalue weighted by Gasteiger charge is 2.47. The molecule has 0 spiro atoms. The summed E-state index contributed by atoms with van der Waals surface area (Å²) in [6, 6.07) is 12.3. The van der Waals surface area contributed by atoms with Gasteiger partial charge in [0.15, 0.2) is 12.7 Å². The van der Waals surface area contributed by atoms with Crippen molar-refractivity contribution in [1.29, 1.82) is 0 Å². The molecule has 0 aliphatic carbocycles. The Kier molecular flexibility index (Phi) is 16.8. The zero-order valence-electron chi connectivity index (χ0n) is 37.9. The Hall–Kier alpha value is -6.19. The van der Waals surface area contributed by atoms with E-state index in [2.05, 4.69) is 103 Å². The smallest absolute Gasteiger partial charge is 0.194 e. The molecule has 7 aromatic rings. The van der Waals surface area contributed by atoms with Gasteiger partial charge in [0.1, 0.15) is 6.15 Å². The third-order valence-electron chi connectivity index (χ3n) is 11.9. The van der Waals surface area contributed by atoms with E-state index in [0.717, 1.165) is 9.94 Å². The van der Waals surface area contributed by atoms with Crippen LogP contribution in [0.15, 0.2) is 143 Å². The molecule has 0 fully saturated rings. The maximum absolute atomic E-state index is 14.2. The summed E-state index contributed by atoms with van der Waals surface area (Å²) in [4.78, 5) is 0. The second-order valence-corrected chi connectivity index (χ2v) is 19.8. The maximum Gasteiger partial charge on any atom is 0.416 e. The van der Waals surface area contributed by atoms with Gasteiger partial charge in [-0.15, -0.1) is 0 Å². The van der Waals surface area contributed by atoms with Gasteiger partial charge in [-0.25, -0.2) is 0 Å². The van der Waals surface area contributed by atoms with Gasteiger partial charge in [-0.05, 0) is 67.6 Å². The number of fused-ring (bicyclic) bond motifs is 1. The highest BCUT2D eigenvalue weighted by atomic mass is 79.9. The number of hydrogen-bond donors (Lipinski definition) is 0. The first-order valence-electron chi connectivity index (χ1n) is 21.3. The summed E-state index contributed by atoms with van der Waals surface area (Å²) in [5.74, 6) is 0. The fourth-order valence-corrected chi connectivity index (χ4v) is 8.97. The summed E-state index contributed by atoms with van der Waals surface area (Å²) >= 11 is 6.96. The first-order valence-corrected chi connectivity index (χ1v) is 22.9. The largest absolute Gasteiger partial charge is 0.416 e. The van der Waals surface area contributed by atoms with E-state index in [-0.39, 0.29) is 0 Å². The molecule has 0 saturated heterocycles. The van der Waals surface area contributed by atoms with Crippen LogP contribution in [0.4, 0.5) is 105 Å². The van der Waals surface area contributed by atoms with Gasteiger partial charge >= 0.3 is 49.4 Å². The van der Waals surface area contributed by atoms with Crippen molar-refractivity contribution in [2.45, 2.75) is 56.0 Å². The number of hydrogen-bond acceptors (Lipinski definition) is 0. The molecule has 0 aliphatic rings. The Morgan fingerprint density at radius 1 is 0.359 bits per heavy atom. The van der Waals surface area contributed by atoms with E-state index in [4.69, 9.17) is 0 Å². The van der Waals surface area contributed by atoms with Gasteiger partial charge < -0.3 is 0 Å². The van der Waals surface area contributed by atoms with Crippen molar-refractivity contribution < 1.29 is 110 Å². The molecule has 0 amide bonds. The van der Waals surface area contributed by atoms with Crippen molar-refractivity contribution in [2.24, 2.45) is 0 Å². The minimum Gasteiger partial charge on any atom is -0.194 e. The summed E-state index contributed by atoms with van der Waals surface area (Å²) in [5.41, 5.74) is -27.7. The van der Waals surface area contributed by atoms with Gasteiger partial charge in [0.2, 0.25) is 5.69 Å². The topological polar surface area (TPSA) is 3.88 Å². The predicted octanol–water partition coefficient (Wildman–Crippen LogP) is 16.5. The minimum absolute atomic E-state index is 0.691. The summed E-state index contributed by atoms with van der Waals surface area (Å²) in [5, 5.41) is 2.49. The lowest BCUT2D eigenvalue weighted by molar-refractivity contribution is -0.688. The van der Waals surface area contributed by atoms with Crippen LogP contribution in [0.5, 0.6) is 0 Å². The lowest BCUT2D eigenvalue weighted by Crippen LogP contribution is -2.75. The van der Waals surface area contributed by atoms with E-state index < -0.39 is 195 Å². The molecule has 0 radical (unpaired) electrons. The van der Waals surface area contributed by atoms with Crippen LogP contribution in [0.3, 0.4) is 0 Å². The first-order chi connectivity index (χ1) is 35.5. The standard InChI is InChI=1S/C32H12BF24.C18H14Br2N/c34-25(35,36)13-1-14(26(37,38)39)6-21(5-13)33(22-7-15(27(40,41)42)2-16(8-22)28(43,44)45,23-9-17(29(46,47)48)3-18(10-23)30(49,50)51)24-11-19(31(52,53)54)4-20(12-24)32(55,56)57;19-18(20)12-17-16-9-5-4-8-15(16)10-11-21(17)13-14-6-2-1-3-7-14/h1-12H;1-12H,13H2/q-1;+1. The molecule has 0 aliphatic heterocycles.